The van der Waals surface area contributed by atoms with E-state index in [0.717, 1.165) is 17.5 Å². The average molecular weight is 392 g/mol. The van der Waals surface area contributed by atoms with Crippen LogP contribution in [0.5, 0.6) is 11.5 Å². The lowest BCUT2D eigenvalue weighted by Crippen LogP contribution is -2.23. The number of methoxy groups -OCH3 is 1. The van der Waals surface area contributed by atoms with Gasteiger partial charge >= 0.3 is 0 Å². The third-order valence-corrected chi connectivity index (χ3v) is 4.06. The predicted octanol–water partition coefficient (Wildman–Crippen LogP) is 4.60. The van der Waals surface area contributed by atoms with Crippen LogP contribution in [0.2, 0.25) is 5.02 Å². The summed E-state index contributed by atoms with van der Waals surface area (Å²) in [4.78, 5) is 12.6. The third-order valence-electron chi connectivity index (χ3n) is 3.78. The molecule has 2 rings (SSSR count). The number of carbonyl (C=O) groups is 1. The van der Waals surface area contributed by atoms with Crippen LogP contribution in [0.25, 0.3) is 0 Å². The Morgan fingerprint density at radius 1 is 1.11 bits per heavy atom. The van der Waals surface area contributed by atoms with Crippen molar-refractivity contribution >= 4 is 17.5 Å². The van der Waals surface area contributed by atoms with Gasteiger partial charge in [-0.1, -0.05) is 42.8 Å². The number of benzene rings is 2. The maximum Gasteiger partial charge on any atom is 0.251 e. The van der Waals surface area contributed by atoms with E-state index in [1.807, 2.05) is 38.1 Å². The van der Waals surface area contributed by atoms with Crippen LogP contribution in [0.1, 0.15) is 41.8 Å². The summed E-state index contributed by atoms with van der Waals surface area (Å²) in [6.45, 7) is 5.81. The van der Waals surface area contributed by atoms with Gasteiger partial charge in [-0.2, -0.15) is 0 Å². The molecule has 0 aliphatic rings. The fraction of sp³-hybridized carbons (Fsp3) is 0.381. The van der Waals surface area contributed by atoms with Gasteiger partial charge in [-0.3, -0.25) is 4.79 Å². The molecule has 146 valence electrons. The van der Waals surface area contributed by atoms with Crippen LogP contribution in [0, 0.1) is 0 Å². The van der Waals surface area contributed by atoms with Gasteiger partial charge < -0.3 is 19.5 Å². The van der Waals surface area contributed by atoms with E-state index in [1.165, 1.54) is 0 Å². The molecule has 0 saturated heterocycles. The van der Waals surface area contributed by atoms with E-state index in [9.17, 15) is 4.79 Å². The van der Waals surface area contributed by atoms with E-state index in [2.05, 4.69) is 5.32 Å². The molecule has 0 radical (unpaired) electrons. The second-order valence-electron chi connectivity index (χ2n) is 6.00. The minimum absolute atomic E-state index is 0.225. The second kappa shape index (κ2) is 10.8. The van der Waals surface area contributed by atoms with E-state index in [1.54, 1.807) is 19.2 Å². The molecule has 0 heterocycles. The van der Waals surface area contributed by atoms with Gasteiger partial charge in [0.05, 0.1) is 24.8 Å². The molecule has 0 spiro atoms. The fourth-order valence-corrected chi connectivity index (χ4v) is 2.85. The monoisotopic (exact) mass is 391 g/mol. The Hall–Kier alpha value is -2.24. The van der Waals surface area contributed by atoms with Crippen molar-refractivity contribution in [3.63, 3.8) is 0 Å². The van der Waals surface area contributed by atoms with Gasteiger partial charge in [-0.25, -0.2) is 0 Å². The molecule has 5 nitrogen and oxygen atoms in total. The summed E-state index contributed by atoms with van der Waals surface area (Å²) >= 11 is 6.32. The average Bonchev–Trinajstić information content (AvgIpc) is 2.66. The third kappa shape index (κ3) is 6.15. The van der Waals surface area contributed by atoms with Crippen molar-refractivity contribution < 1.29 is 19.0 Å². The summed E-state index contributed by atoms with van der Waals surface area (Å²) in [5, 5.41) is 3.27. The minimum Gasteiger partial charge on any atom is -0.490 e. The van der Waals surface area contributed by atoms with E-state index >= 15 is 0 Å². The van der Waals surface area contributed by atoms with Crippen molar-refractivity contribution in [1.29, 1.82) is 0 Å². The van der Waals surface area contributed by atoms with Crippen molar-refractivity contribution in [3.05, 3.63) is 58.1 Å². The first-order chi connectivity index (χ1) is 13.1. The summed E-state index contributed by atoms with van der Waals surface area (Å²) in [6.07, 6.45) is 0.853. The molecule has 0 saturated carbocycles. The quantitative estimate of drug-likeness (QED) is 0.642. The lowest BCUT2D eigenvalue weighted by atomic mass is 10.1. The van der Waals surface area contributed by atoms with Gasteiger partial charge in [0, 0.05) is 19.2 Å². The maximum absolute atomic E-state index is 12.6. The summed E-state index contributed by atoms with van der Waals surface area (Å²) in [5.41, 5.74) is 2.49. The first-order valence-corrected chi connectivity index (χ1v) is 9.40. The highest BCUT2D eigenvalue weighted by Gasteiger charge is 2.16. The predicted molar refractivity (Wildman–Crippen MR) is 107 cm³/mol. The zero-order chi connectivity index (χ0) is 19.6. The van der Waals surface area contributed by atoms with Crippen LogP contribution in [-0.4, -0.2) is 26.2 Å². The molecule has 0 fully saturated rings. The highest BCUT2D eigenvalue weighted by Crippen LogP contribution is 2.36. The van der Waals surface area contributed by atoms with Crippen molar-refractivity contribution in [1.82, 2.24) is 5.32 Å². The molecule has 2 aromatic carbocycles. The van der Waals surface area contributed by atoms with Crippen LogP contribution in [0.4, 0.5) is 0 Å². The lowest BCUT2D eigenvalue weighted by molar-refractivity contribution is 0.0950. The Morgan fingerprint density at radius 2 is 1.89 bits per heavy atom. The van der Waals surface area contributed by atoms with Gasteiger partial charge in [0.1, 0.15) is 0 Å². The Morgan fingerprint density at radius 3 is 2.59 bits per heavy atom. The maximum atomic E-state index is 12.6. The molecule has 6 heteroatoms. The van der Waals surface area contributed by atoms with Gasteiger partial charge in [0.15, 0.2) is 11.5 Å². The standard InChI is InChI=1S/C21H26ClNO4/c1-4-9-27-20-18(22)11-17(12-19(20)26-5-2)21(24)23-13-15-7-6-8-16(10-15)14-25-3/h6-8,10-12H,4-5,9,13-14H2,1-3H3,(H,23,24). The van der Waals surface area contributed by atoms with E-state index in [-0.39, 0.29) is 5.91 Å². The Kier molecular flexibility index (Phi) is 8.43. The minimum atomic E-state index is -0.225. The first-order valence-electron chi connectivity index (χ1n) is 9.03. The largest absolute Gasteiger partial charge is 0.490 e. The molecular weight excluding hydrogens is 366 g/mol. The molecule has 0 unspecified atom stereocenters. The molecule has 27 heavy (non-hydrogen) atoms. The smallest absolute Gasteiger partial charge is 0.251 e. The van der Waals surface area contributed by atoms with E-state index in [4.69, 9.17) is 25.8 Å². The van der Waals surface area contributed by atoms with Gasteiger partial charge in [0.25, 0.3) is 5.91 Å². The molecule has 0 atom stereocenters. The summed E-state index contributed by atoms with van der Waals surface area (Å²) in [6, 6.07) is 11.2. The molecule has 2 aromatic rings. The SMILES string of the molecule is CCCOc1c(Cl)cc(C(=O)NCc2cccc(COC)c2)cc1OCC. The number of amides is 1. The number of hydrogen-bond acceptors (Lipinski definition) is 4. The number of hydrogen-bond donors (Lipinski definition) is 1. The van der Waals surface area contributed by atoms with E-state index < -0.39 is 0 Å². The lowest BCUT2D eigenvalue weighted by Gasteiger charge is -2.15. The van der Waals surface area contributed by atoms with Crippen molar-refractivity contribution in [2.24, 2.45) is 0 Å². The Bertz CT molecular complexity index is 764. The normalized spacial score (nSPS) is 10.5. The molecule has 0 bridgehead atoms. The highest BCUT2D eigenvalue weighted by atomic mass is 35.5. The van der Waals surface area contributed by atoms with Crippen molar-refractivity contribution in [2.45, 2.75) is 33.4 Å². The van der Waals surface area contributed by atoms with Gasteiger partial charge in [-0.05, 0) is 36.6 Å². The molecule has 0 aromatic heterocycles. The first kappa shape index (κ1) is 21.1. The summed E-state index contributed by atoms with van der Waals surface area (Å²) in [7, 11) is 1.65. The van der Waals surface area contributed by atoms with Crippen LogP contribution in [-0.2, 0) is 17.9 Å². The van der Waals surface area contributed by atoms with Crippen LogP contribution < -0.4 is 14.8 Å². The fourth-order valence-electron chi connectivity index (χ4n) is 2.59. The molecule has 1 N–H and O–H groups in total. The molecular formula is C21H26ClNO4. The molecule has 0 aliphatic carbocycles. The van der Waals surface area contributed by atoms with E-state index in [0.29, 0.717) is 48.5 Å². The number of carbonyl (C=O) groups excluding carboxylic acids is 1. The Balaban J connectivity index is 2.12. The van der Waals surface area contributed by atoms with Crippen molar-refractivity contribution in [3.8, 4) is 11.5 Å². The van der Waals surface area contributed by atoms with Crippen LogP contribution >= 0.6 is 11.6 Å². The topological polar surface area (TPSA) is 56.8 Å². The molecule has 0 aliphatic heterocycles. The Labute approximate surface area is 165 Å². The zero-order valence-electron chi connectivity index (χ0n) is 16.0. The van der Waals surface area contributed by atoms with Crippen molar-refractivity contribution in [2.75, 3.05) is 20.3 Å². The summed E-state index contributed by atoms with van der Waals surface area (Å²) in [5.74, 6) is 0.729. The van der Waals surface area contributed by atoms with Gasteiger partial charge in [-0.15, -0.1) is 0 Å². The highest BCUT2D eigenvalue weighted by molar-refractivity contribution is 6.32. The number of rotatable bonds is 10. The van der Waals surface area contributed by atoms with Gasteiger partial charge in [0.2, 0.25) is 0 Å². The number of halogens is 1. The summed E-state index contributed by atoms with van der Waals surface area (Å²) < 4.78 is 16.4. The second-order valence-corrected chi connectivity index (χ2v) is 6.41. The molecule has 1 amide bonds. The number of ether oxygens (including phenoxy) is 3. The van der Waals surface area contributed by atoms with Crippen LogP contribution in [0.15, 0.2) is 36.4 Å². The zero-order valence-corrected chi connectivity index (χ0v) is 16.8. The van der Waals surface area contributed by atoms with Crippen LogP contribution in [0.3, 0.4) is 0 Å². The number of nitrogens with one attached hydrogen (secondary N) is 1.